The van der Waals surface area contributed by atoms with E-state index in [1.165, 1.54) is 35.5 Å². The van der Waals surface area contributed by atoms with Crippen molar-refractivity contribution in [2.24, 2.45) is 0 Å². The monoisotopic (exact) mass is 514 g/mol. The maximum Gasteiger partial charge on any atom is 0.286 e. The molecule has 1 unspecified atom stereocenters. The van der Waals surface area contributed by atoms with Gasteiger partial charge in [0.2, 0.25) is 21.8 Å². The highest BCUT2D eigenvalue weighted by molar-refractivity contribution is 7.89. The summed E-state index contributed by atoms with van der Waals surface area (Å²) in [5, 5.41) is 11.8. The second-order valence-corrected chi connectivity index (χ2v) is 11.2. The van der Waals surface area contributed by atoms with E-state index in [0.717, 1.165) is 17.8 Å². The number of carbonyl (C=O) groups is 2. The number of sulfonamides is 1. The zero-order valence-corrected chi connectivity index (χ0v) is 20.4. The van der Waals surface area contributed by atoms with E-state index >= 15 is 0 Å². The molecule has 1 N–H and O–H groups in total. The molecule has 35 heavy (non-hydrogen) atoms. The van der Waals surface area contributed by atoms with Crippen molar-refractivity contribution in [3.63, 3.8) is 0 Å². The molecule has 3 aromatic rings. The van der Waals surface area contributed by atoms with Gasteiger partial charge < -0.3 is 14.8 Å². The van der Waals surface area contributed by atoms with Crippen LogP contribution in [0.5, 0.6) is 11.5 Å². The number of amides is 1. The van der Waals surface area contributed by atoms with Crippen LogP contribution in [0.25, 0.3) is 0 Å². The Bertz CT molecular complexity index is 1390. The van der Waals surface area contributed by atoms with Gasteiger partial charge in [0.15, 0.2) is 17.3 Å². The van der Waals surface area contributed by atoms with Crippen LogP contribution < -0.4 is 14.8 Å². The Balaban J connectivity index is 1.27. The number of piperidine rings is 1. The topological polar surface area (TPSA) is 128 Å². The normalized spacial score (nSPS) is 17.8. The van der Waals surface area contributed by atoms with E-state index in [2.05, 4.69) is 15.5 Å². The molecule has 0 aliphatic carbocycles. The summed E-state index contributed by atoms with van der Waals surface area (Å²) in [6.07, 6.45) is 1.40. The van der Waals surface area contributed by atoms with Gasteiger partial charge in [-0.25, -0.2) is 8.42 Å². The molecule has 182 valence electrons. The number of Topliss-reactive ketones (excluding diaryl/α,β-unsaturated/α-hetero) is 1. The molecule has 1 saturated heterocycles. The molecule has 5 rings (SSSR count). The predicted octanol–water partition coefficient (Wildman–Crippen LogP) is 3.29. The summed E-state index contributed by atoms with van der Waals surface area (Å²) >= 11 is 1.16. The van der Waals surface area contributed by atoms with Crippen molar-refractivity contribution in [1.82, 2.24) is 14.5 Å². The summed E-state index contributed by atoms with van der Waals surface area (Å²) in [5.41, 5.74) is 1.00. The van der Waals surface area contributed by atoms with E-state index in [0.29, 0.717) is 40.7 Å². The molecule has 2 aliphatic rings. The molecular formula is C23H22N4O6S2. The number of anilines is 1. The average Bonchev–Trinajstić information content (AvgIpc) is 3.54. The number of hydrogen-bond acceptors (Lipinski definition) is 9. The van der Waals surface area contributed by atoms with Crippen molar-refractivity contribution in [1.29, 1.82) is 0 Å². The first-order valence-electron chi connectivity index (χ1n) is 11.0. The maximum atomic E-state index is 13.2. The molecule has 2 aromatic carbocycles. The maximum absolute atomic E-state index is 13.2. The molecule has 12 heteroatoms. The zero-order valence-electron chi connectivity index (χ0n) is 18.8. The summed E-state index contributed by atoms with van der Waals surface area (Å²) in [6.45, 7) is 2.22. The first-order valence-corrected chi connectivity index (χ1v) is 13.2. The third kappa shape index (κ3) is 4.77. The Labute approximate surface area is 205 Å². The zero-order chi connectivity index (χ0) is 24.6. The first-order chi connectivity index (χ1) is 16.8. The molecule has 10 nitrogen and oxygen atoms in total. The number of nitrogens with zero attached hydrogens (tertiary/aromatic N) is 3. The standard InChI is InChI=1S/C23H22N4O6S2/c1-14(28)15-4-7-18(8-5-15)35(30,31)27-10-2-3-16(12-27)22-25-26-23(34-22)21(29)24-17-6-9-19-20(11-17)33-13-32-19/h4-9,11,16H,2-3,10,12-13H2,1H3,(H,24,29). The molecule has 1 fully saturated rings. The van der Waals surface area contributed by atoms with E-state index in [1.54, 1.807) is 18.2 Å². The van der Waals surface area contributed by atoms with Crippen LogP contribution in [0.1, 0.15) is 50.9 Å². The fourth-order valence-electron chi connectivity index (χ4n) is 4.02. The largest absolute Gasteiger partial charge is 0.454 e. The van der Waals surface area contributed by atoms with Crippen molar-refractivity contribution >= 4 is 38.7 Å². The van der Waals surface area contributed by atoms with Gasteiger partial charge in [-0.15, -0.1) is 10.2 Å². The highest BCUT2D eigenvalue weighted by atomic mass is 32.2. The smallest absolute Gasteiger partial charge is 0.286 e. The van der Waals surface area contributed by atoms with Crippen LogP contribution in [0.15, 0.2) is 47.4 Å². The van der Waals surface area contributed by atoms with Crippen LogP contribution >= 0.6 is 11.3 Å². The van der Waals surface area contributed by atoms with Gasteiger partial charge in [-0.3, -0.25) is 9.59 Å². The number of nitrogens with one attached hydrogen (secondary N) is 1. The molecule has 1 aromatic heterocycles. The van der Waals surface area contributed by atoms with Crippen molar-refractivity contribution < 1.29 is 27.5 Å². The Morgan fingerprint density at radius 3 is 2.63 bits per heavy atom. The molecule has 0 bridgehead atoms. The minimum Gasteiger partial charge on any atom is -0.454 e. The summed E-state index contributed by atoms with van der Waals surface area (Å²) in [7, 11) is -3.72. The highest BCUT2D eigenvalue weighted by Crippen LogP contribution is 2.35. The molecule has 1 amide bonds. The lowest BCUT2D eigenvalue weighted by molar-refractivity contribution is 0.101. The minimum absolute atomic E-state index is 0.124. The Morgan fingerprint density at radius 1 is 1.09 bits per heavy atom. The van der Waals surface area contributed by atoms with Crippen molar-refractivity contribution in [3.8, 4) is 11.5 Å². The van der Waals surface area contributed by atoms with Crippen molar-refractivity contribution in [2.75, 3.05) is 25.2 Å². The predicted molar refractivity (Wildman–Crippen MR) is 128 cm³/mol. The minimum atomic E-state index is -3.72. The number of carbonyl (C=O) groups excluding carboxylic acids is 2. The molecule has 0 spiro atoms. The van der Waals surface area contributed by atoms with Crippen LogP contribution in [0, 0.1) is 0 Å². The number of aromatic nitrogens is 2. The number of fused-ring (bicyclic) bond motifs is 1. The van der Waals surface area contributed by atoms with Gasteiger partial charge in [-0.05, 0) is 44.0 Å². The van der Waals surface area contributed by atoms with Crippen molar-refractivity contribution in [3.05, 3.63) is 58.0 Å². The van der Waals surface area contributed by atoms with E-state index in [9.17, 15) is 18.0 Å². The highest BCUT2D eigenvalue weighted by Gasteiger charge is 2.33. The molecular weight excluding hydrogens is 492 g/mol. The second kappa shape index (κ2) is 9.36. The fraction of sp³-hybridized carbons (Fsp3) is 0.304. The fourth-order valence-corrected chi connectivity index (χ4v) is 6.41. The number of ketones is 1. The lowest BCUT2D eigenvalue weighted by atomic mass is 10.0. The number of rotatable bonds is 6. The van der Waals surface area contributed by atoms with E-state index < -0.39 is 15.9 Å². The van der Waals surface area contributed by atoms with Gasteiger partial charge in [-0.1, -0.05) is 23.5 Å². The molecule has 2 aliphatic heterocycles. The molecule has 0 saturated carbocycles. The number of hydrogen-bond donors (Lipinski definition) is 1. The summed E-state index contributed by atoms with van der Waals surface area (Å²) in [4.78, 5) is 24.3. The molecule has 3 heterocycles. The summed E-state index contributed by atoms with van der Waals surface area (Å²) < 4.78 is 38.4. The Morgan fingerprint density at radius 2 is 1.86 bits per heavy atom. The summed E-state index contributed by atoms with van der Waals surface area (Å²) in [5.74, 6) is 0.479. The quantitative estimate of drug-likeness (QED) is 0.497. The van der Waals surface area contributed by atoms with E-state index in [-0.39, 0.29) is 34.9 Å². The van der Waals surface area contributed by atoms with Gasteiger partial charge in [-0.2, -0.15) is 4.31 Å². The van der Waals surface area contributed by atoms with Crippen LogP contribution in [0.4, 0.5) is 5.69 Å². The SMILES string of the molecule is CC(=O)c1ccc(S(=O)(=O)N2CCCC(c3nnc(C(=O)Nc4ccc5c(c4)OCO5)s3)C2)cc1. The average molecular weight is 515 g/mol. The van der Waals surface area contributed by atoms with E-state index in [4.69, 9.17) is 9.47 Å². The summed E-state index contributed by atoms with van der Waals surface area (Å²) in [6, 6.07) is 11.1. The van der Waals surface area contributed by atoms with Gasteiger partial charge in [0.1, 0.15) is 5.01 Å². The lowest BCUT2D eigenvalue weighted by Crippen LogP contribution is -2.39. The lowest BCUT2D eigenvalue weighted by Gasteiger charge is -2.30. The first kappa shape index (κ1) is 23.4. The number of benzene rings is 2. The van der Waals surface area contributed by atoms with Gasteiger partial charge in [0, 0.05) is 36.3 Å². The third-order valence-corrected chi connectivity index (χ3v) is 8.86. The Hall–Kier alpha value is -3.35. The Kier molecular flexibility index (Phi) is 6.26. The van der Waals surface area contributed by atoms with Gasteiger partial charge in [0.05, 0.1) is 4.90 Å². The second-order valence-electron chi connectivity index (χ2n) is 8.25. The van der Waals surface area contributed by atoms with Gasteiger partial charge >= 0.3 is 0 Å². The third-order valence-electron chi connectivity index (χ3n) is 5.90. The van der Waals surface area contributed by atoms with Crippen LogP contribution in [-0.2, 0) is 10.0 Å². The van der Waals surface area contributed by atoms with Gasteiger partial charge in [0.25, 0.3) is 5.91 Å². The van der Waals surface area contributed by atoms with E-state index in [1.807, 2.05) is 0 Å². The number of ether oxygens (including phenoxy) is 2. The molecule has 0 radical (unpaired) electrons. The van der Waals surface area contributed by atoms with Crippen LogP contribution in [-0.4, -0.2) is 54.5 Å². The van der Waals surface area contributed by atoms with Crippen molar-refractivity contribution in [2.45, 2.75) is 30.6 Å². The van der Waals surface area contributed by atoms with Crippen LogP contribution in [0.3, 0.4) is 0 Å². The van der Waals surface area contributed by atoms with Crippen LogP contribution in [0.2, 0.25) is 0 Å². The molecule has 1 atom stereocenters.